The van der Waals surface area contributed by atoms with Crippen molar-refractivity contribution in [2.75, 3.05) is 6.61 Å². The zero-order valence-electron chi connectivity index (χ0n) is 18.0. The standard InChI is InChI=1S/C22H30N2O5/c1-8-18(23(29-16(2)25)14-17-12-10-9-11-13-17)19-15-27-22(6,7)24(19)20(26)28-21(3,4)5/h1,9-13,18-19H,14-15H2,2-7H3/t18-,19-/m0/s1. The van der Waals surface area contributed by atoms with Gasteiger partial charge in [-0.3, -0.25) is 9.69 Å². The Labute approximate surface area is 172 Å². The molecule has 0 radical (unpaired) electrons. The molecule has 1 fully saturated rings. The number of carbonyl (C=O) groups is 2. The van der Waals surface area contributed by atoms with Crippen LogP contribution in [0.25, 0.3) is 0 Å². The van der Waals surface area contributed by atoms with Gasteiger partial charge in [0.05, 0.1) is 19.2 Å². The van der Waals surface area contributed by atoms with Gasteiger partial charge in [0.1, 0.15) is 17.4 Å². The summed E-state index contributed by atoms with van der Waals surface area (Å²) in [6.45, 7) is 10.7. The Balaban J connectivity index is 2.34. The number of ether oxygens (including phenoxy) is 2. The molecular weight excluding hydrogens is 372 g/mol. The zero-order chi connectivity index (χ0) is 21.8. The fourth-order valence-corrected chi connectivity index (χ4v) is 3.23. The number of nitrogens with zero attached hydrogens (tertiary/aromatic N) is 2. The third-order valence-electron chi connectivity index (χ3n) is 4.38. The third-order valence-corrected chi connectivity index (χ3v) is 4.38. The molecule has 0 spiro atoms. The van der Waals surface area contributed by atoms with Crippen LogP contribution in [0.2, 0.25) is 0 Å². The summed E-state index contributed by atoms with van der Waals surface area (Å²) in [5.41, 5.74) is -0.682. The molecule has 1 aliphatic heterocycles. The Morgan fingerprint density at radius 1 is 1.34 bits per heavy atom. The summed E-state index contributed by atoms with van der Waals surface area (Å²) in [6, 6.07) is 8.20. The molecule has 1 aromatic carbocycles. The number of hydrogen-bond donors (Lipinski definition) is 0. The van der Waals surface area contributed by atoms with Gasteiger partial charge < -0.3 is 14.3 Å². The summed E-state index contributed by atoms with van der Waals surface area (Å²) in [5, 5.41) is 1.42. The van der Waals surface area contributed by atoms with E-state index in [-0.39, 0.29) is 13.2 Å². The maximum atomic E-state index is 12.9. The van der Waals surface area contributed by atoms with Crippen molar-refractivity contribution in [3.63, 3.8) is 0 Å². The Bertz CT molecular complexity index is 764. The van der Waals surface area contributed by atoms with Crippen molar-refractivity contribution in [3.05, 3.63) is 35.9 Å². The van der Waals surface area contributed by atoms with E-state index in [1.54, 1.807) is 34.6 Å². The second-order valence-corrected chi connectivity index (χ2v) is 8.43. The number of amides is 1. The van der Waals surface area contributed by atoms with Crippen LogP contribution >= 0.6 is 0 Å². The van der Waals surface area contributed by atoms with Crippen LogP contribution in [0.1, 0.15) is 47.1 Å². The van der Waals surface area contributed by atoms with Crippen molar-refractivity contribution >= 4 is 12.1 Å². The summed E-state index contributed by atoms with van der Waals surface area (Å²) in [7, 11) is 0. The Hall–Kier alpha value is -2.56. The fourth-order valence-electron chi connectivity index (χ4n) is 3.23. The zero-order valence-corrected chi connectivity index (χ0v) is 18.0. The van der Waals surface area contributed by atoms with Gasteiger partial charge in [-0.2, -0.15) is 0 Å². The molecule has 29 heavy (non-hydrogen) atoms. The van der Waals surface area contributed by atoms with Gasteiger partial charge in [-0.05, 0) is 40.2 Å². The molecule has 158 valence electrons. The molecule has 2 rings (SSSR count). The van der Waals surface area contributed by atoms with Gasteiger partial charge in [0, 0.05) is 6.92 Å². The van der Waals surface area contributed by atoms with Crippen molar-refractivity contribution in [2.24, 2.45) is 0 Å². The average Bonchev–Trinajstić information content (AvgIpc) is 2.89. The minimum absolute atomic E-state index is 0.188. The number of rotatable bonds is 5. The molecule has 0 N–H and O–H groups in total. The smallest absolute Gasteiger partial charge is 0.412 e. The first-order chi connectivity index (χ1) is 13.4. The molecule has 7 heteroatoms. The van der Waals surface area contributed by atoms with Crippen molar-refractivity contribution in [2.45, 2.75) is 71.5 Å². The van der Waals surface area contributed by atoms with Crippen molar-refractivity contribution in [3.8, 4) is 12.3 Å². The number of hydroxylamine groups is 2. The highest BCUT2D eigenvalue weighted by Gasteiger charge is 2.50. The molecule has 0 saturated carbocycles. The number of terminal acetylenes is 1. The highest BCUT2D eigenvalue weighted by molar-refractivity contribution is 5.70. The highest BCUT2D eigenvalue weighted by atomic mass is 16.7. The van der Waals surface area contributed by atoms with Crippen LogP contribution in [0.3, 0.4) is 0 Å². The second-order valence-electron chi connectivity index (χ2n) is 8.43. The van der Waals surface area contributed by atoms with E-state index in [1.807, 2.05) is 30.3 Å². The van der Waals surface area contributed by atoms with Crippen LogP contribution < -0.4 is 0 Å². The van der Waals surface area contributed by atoms with E-state index in [9.17, 15) is 9.59 Å². The predicted octanol–water partition coefficient (Wildman–Crippen LogP) is 3.34. The maximum absolute atomic E-state index is 12.9. The molecule has 0 aromatic heterocycles. The van der Waals surface area contributed by atoms with E-state index in [0.29, 0.717) is 0 Å². The lowest BCUT2D eigenvalue weighted by Crippen LogP contribution is -2.56. The van der Waals surface area contributed by atoms with Crippen LogP contribution in [0.5, 0.6) is 0 Å². The summed E-state index contributed by atoms with van der Waals surface area (Å²) in [6.07, 6.45) is 5.31. The molecule has 0 unspecified atom stereocenters. The highest BCUT2D eigenvalue weighted by Crippen LogP contribution is 2.32. The quantitative estimate of drug-likeness (QED) is 0.556. The molecular formula is C22H30N2O5. The monoisotopic (exact) mass is 402 g/mol. The van der Waals surface area contributed by atoms with Crippen molar-refractivity contribution < 1.29 is 23.9 Å². The first-order valence-corrected chi connectivity index (χ1v) is 9.56. The SMILES string of the molecule is C#C[C@@H]([C@@H]1COC(C)(C)N1C(=O)OC(C)(C)C)N(Cc1ccccc1)OC(C)=O. The fraction of sp³-hybridized carbons (Fsp3) is 0.545. The summed E-state index contributed by atoms with van der Waals surface area (Å²) in [5.74, 6) is 2.18. The molecule has 2 atom stereocenters. The number of benzene rings is 1. The molecule has 1 amide bonds. The van der Waals surface area contributed by atoms with E-state index < -0.39 is 35.5 Å². The van der Waals surface area contributed by atoms with Gasteiger partial charge in [0.25, 0.3) is 0 Å². The Morgan fingerprint density at radius 2 is 1.97 bits per heavy atom. The van der Waals surface area contributed by atoms with E-state index in [2.05, 4.69) is 5.92 Å². The van der Waals surface area contributed by atoms with Gasteiger partial charge in [0.15, 0.2) is 0 Å². The normalized spacial score (nSPS) is 19.5. The van der Waals surface area contributed by atoms with Crippen LogP contribution in [-0.4, -0.2) is 52.0 Å². The first-order valence-electron chi connectivity index (χ1n) is 9.56. The minimum Gasteiger partial charge on any atom is -0.444 e. The second kappa shape index (κ2) is 8.85. The Kier molecular flexibility index (Phi) is 6.93. The van der Waals surface area contributed by atoms with Gasteiger partial charge in [-0.15, -0.1) is 11.5 Å². The predicted molar refractivity (Wildman–Crippen MR) is 108 cm³/mol. The molecule has 1 saturated heterocycles. The van der Waals surface area contributed by atoms with Crippen LogP contribution in [0, 0.1) is 12.3 Å². The van der Waals surface area contributed by atoms with Gasteiger partial charge in [-0.1, -0.05) is 36.3 Å². The topological polar surface area (TPSA) is 68.3 Å². The first kappa shape index (κ1) is 22.7. The molecule has 0 bridgehead atoms. The lowest BCUT2D eigenvalue weighted by Gasteiger charge is -2.38. The van der Waals surface area contributed by atoms with Crippen LogP contribution in [-0.2, 0) is 25.7 Å². The molecule has 1 aromatic rings. The Morgan fingerprint density at radius 3 is 2.48 bits per heavy atom. The number of hydrogen-bond acceptors (Lipinski definition) is 6. The van der Waals surface area contributed by atoms with Gasteiger partial charge in [0.2, 0.25) is 0 Å². The maximum Gasteiger partial charge on any atom is 0.412 e. The van der Waals surface area contributed by atoms with E-state index in [4.69, 9.17) is 20.7 Å². The molecule has 1 heterocycles. The summed E-state index contributed by atoms with van der Waals surface area (Å²) >= 11 is 0. The van der Waals surface area contributed by atoms with E-state index >= 15 is 0 Å². The molecule has 7 nitrogen and oxygen atoms in total. The van der Waals surface area contributed by atoms with E-state index in [0.717, 1.165) is 5.56 Å². The van der Waals surface area contributed by atoms with E-state index in [1.165, 1.54) is 16.9 Å². The summed E-state index contributed by atoms with van der Waals surface area (Å²) in [4.78, 5) is 31.6. The van der Waals surface area contributed by atoms with Crippen molar-refractivity contribution in [1.29, 1.82) is 0 Å². The third kappa shape index (κ3) is 5.96. The van der Waals surface area contributed by atoms with Crippen LogP contribution in [0.15, 0.2) is 30.3 Å². The number of carbonyl (C=O) groups excluding carboxylic acids is 2. The molecule has 1 aliphatic rings. The minimum atomic E-state index is -0.920. The van der Waals surface area contributed by atoms with Gasteiger partial charge >= 0.3 is 12.1 Å². The van der Waals surface area contributed by atoms with Crippen LogP contribution in [0.4, 0.5) is 4.79 Å². The van der Waals surface area contributed by atoms with Crippen molar-refractivity contribution in [1.82, 2.24) is 9.96 Å². The van der Waals surface area contributed by atoms with Gasteiger partial charge in [-0.25, -0.2) is 4.79 Å². The summed E-state index contributed by atoms with van der Waals surface area (Å²) < 4.78 is 11.4. The lowest BCUT2D eigenvalue weighted by molar-refractivity contribution is -0.202. The molecule has 0 aliphatic carbocycles. The average molecular weight is 402 g/mol. The largest absolute Gasteiger partial charge is 0.444 e. The lowest BCUT2D eigenvalue weighted by atomic mass is 10.1.